The molecule has 0 saturated carbocycles. The minimum absolute atomic E-state index is 0.0651. The summed E-state index contributed by atoms with van der Waals surface area (Å²) in [5.41, 5.74) is 2.63. The number of carbonyl (C=O) groups is 1. The van der Waals surface area contributed by atoms with Crippen LogP contribution in [0.15, 0.2) is 22.9 Å². The highest BCUT2D eigenvalue weighted by Gasteiger charge is 2.27. The first-order valence-electron chi connectivity index (χ1n) is 9.72. The van der Waals surface area contributed by atoms with E-state index in [2.05, 4.69) is 15.2 Å². The maximum absolute atomic E-state index is 12.5. The third-order valence-corrected chi connectivity index (χ3v) is 5.73. The number of nitrogens with one attached hydrogen (secondary N) is 1. The highest BCUT2D eigenvalue weighted by atomic mass is 16.3. The Bertz CT molecular complexity index is 811. The number of aliphatic hydroxyl groups excluding tert-OH is 1. The van der Waals surface area contributed by atoms with E-state index in [0.29, 0.717) is 17.2 Å². The normalized spacial score (nSPS) is 20.4. The van der Waals surface area contributed by atoms with Crippen LogP contribution >= 0.6 is 0 Å². The number of hydrogen-bond acceptors (Lipinski definition) is 6. The molecule has 7 heteroatoms. The van der Waals surface area contributed by atoms with Crippen LogP contribution in [0.1, 0.15) is 59.1 Å². The quantitative estimate of drug-likeness (QED) is 0.859. The van der Waals surface area contributed by atoms with Gasteiger partial charge in [0.1, 0.15) is 5.76 Å². The summed E-state index contributed by atoms with van der Waals surface area (Å²) in [4.78, 5) is 24.1. The number of carbonyl (C=O) groups excluding carboxylic acids is 1. The van der Waals surface area contributed by atoms with Crippen LogP contribution in [0.25, 0.3) is 0 Å². The lowest BCUT2D eigenvalue weighted by molar-refractivity contribution is 0.0931. The zero-order valence-electron chi connectivity index (χ0n) is 15.6. The summed E-state index contributed by atoms with van der Waals surface area (Å²) >= 11 is 0. The van der Waals surface area contributed by atoms with Gasteiger partial charge in [0.05, 0.1) is 23.6 Å². The molecule has 0 radical (unpaired) electrons. The molecule has 27 heavy (non-hydrogen) atoms. The smallest absolute Gasteiger partial charge is 0.255 e. The van der Waals surface area contributed by atoms with E-state index in [4.69, 9.17) is 9.40 Å². The van der Waals surface area contributed by atoms with Crippen LogP contribution in [0.3, 0.4) is 0 Å². The predicted octanol–water partition coefficient (Wildman–Crippen LogP) is 2.39. The SMILES string of the molecule is Cc1occc1C(=O)N[C@@H]1CCCc2nc(N3CCC(CO)CC3)ncc21. The van der Waals surface area contributed by atoms with Gasteiger partial charge in [-0.15, -0.1) is 0 Å². The Morgan fingerprint density at radius 3 is 2.89 bits per heavy atom. The molecule has 4 rings (SSSR count). The van der Waals surface area contributed by atoms with Gasteiger partial charge in [-0.25, -0.2) is 9.97 Å². The fourth-order valence-electron chi connectivity index (χ4n) is 4.01. The van der Waals surface area contributed by atoms with Crippen molar-refractivity contribution in [2.75, 3.05) is 24.6 Å². The van der Waals surface area contributed by atoms with E-state index in [1.165, 1.54) is 6.26 Å². The van der Waals surface area contributed by atoms with E-state index in [-0.39, 0.29) is 18.6 Å². The van der Waals surface area contributed by atoms with Crippen molar-refractivity contribution in [3.8, 4) is 0 Å². The number of aromatic nitrogens is 2. The minimum Gasteiger partial charge on any atom is -0.469 e. The van der Waals surface area contributed by atoms with E-state index in [9.17, 15) is 9.90 Å². The van der Waals surface area contributed by atoms with Crippen molar-refractivity contribution in [3.05, 3.63) is 41.1 Å². The lowest BCUT2D eigenvalue weighted by atomic mass is 9.92. The molecule has 3 heterocycles. The van der Waals surface area contributed by atoms with Gasteiger partial charge in [-0.05, 0) is 51.0 Å². The van der Waals surface area contributed by atoms with Gasteiger partial charge in [0.25, 0.3) is 5.91 Å². The van der Waals surface area contributed by atoms with Gasteiger partial charge in [0.15, 0.2) is 0 Å². The topological polar surface area (TPSA) is 91.5 Å². The lowest BCUT2D eigenvalue weighted by Crippen LogP contribution is -2.36. The van der Waals surface area contributed by atoms with Crippen molar-refractivity contribution in [2.45, 2.75) is 45.1 Å². The molecule has 1 aliphatic carbocycles. The Kier molecular flexibility index (Phi) is 5.11. The molecule has 1 atom stereocenters. The van der Waals surface area contributed by atoms with Crippen molar-refractivity contribution in [1.82, 2.24) is 15.3 Å². The van der Waals surface area contributed by atoms with Crippen LogP contribution in [-0.4, -0.2) is 40.7 Å². The van der Waals surface area contributed by atoms with Crippen LogP contribution in [-0.2, 0) is 6.42 Å². The molecule has 0 bridgehead atoms. The summed E-state index contributed by atoms with van der Waals surface area (Å²) in [6.45, 7) is 3.81. The second-order valence-electron chi connectivity index (χ2n) is 7.49. The van der Waals surface area contributed by atoms with E-state index < -0.39 is 0 Å². The van der Waals surface area contributed by atoms with Gasteiger partial charge >= 0.3 is 0 Å². The zero-order valence-corrected chi connectivity index (χ0v) is 15.6. The van der Waals surface area contributed by atoms with E-state index in [1.807, 2.05) is 6.20 Å². The molecular formula is C20H26N4O3. The number of fused-ring (bicyclic) bond motifs is 1. The van der Waals surface area contributed by atoms with Gasteiger partial charge in [-0.1, -0.05) is 0 Å². The average molecular weight is 370 g/mol. The monoisotopic (exact) mass is 370 g/mol. The standard InChI is InChI=1S/C20H26N4O3/c1-13-15(7-10-27-13)19(26)22-17-3-2-4-18-16(17)11-21-20(23-18)24-8-5-14(12-25)6-9-24/h7,10-11,14,17,25H,2-6,8-9,12H2,1H3,(H,22,26)/t17-/m1/s1. The number of rotatable bonds is 4. The fraction of sp³-hybridized carbons (Fsp3) is 0.550. The Morgan fingerprint density at radius 1 is 1.37 bits per heavy atom. The second kappa shape index (κ2) is 7.68. The summed E-state index contributed by atoms with van der Waals surface area (Å²) in [6.07, 6.45) is 8.15. The number of furan rings is 1. The van der Waals surface area contributed by atoms with Crippen LogP contribution in [0.4, 0.5) is 5.95 Å². The summed E-state index contributed by atoms with van der Waals surface area (Å²) < 4.78 is 5.24. The Hall–Kier alpha value is -2.41. The van der Waals surface area contributed by atoms with Gasteiger partial charge < -0.3 is 19.7 Å². The van der Waals surface area contributed by atoms with Crippen molar-refractivity contribution in [1.29, 1.82) is 0 Å². The second-order valence-corrected chi connectivity index (χ2v) is 7.49. The van der Waals surface area contributed by atoms with Gasteiger partial charge in [0, 0.05) is 31.5 Å². The molecule has 0 unspecified atom stereocenters. The third kappa shape index (κ3) is 3.69. The van der Waals surface area contributed by atoms with E-state index >= 15 is 0 Å². The number of nitrogens with zero attached hydrogens (tertiary/aromatic N) is 3. The van der Waals surface area contributed by atoms with Crippen molar-refractivity contribution in [3.63, 3.8) is 0 Å². The molecule has 2 aromatic rings. The van der Waals surface area contributed by atoms with E-state index in [0.717, 1.165) is 62.4 Å². The minimum atomic E-state index is -0.116. The van der Waals surface area contributed by atoms with Gasteiger partial charge in [-0.2, -0.15) is 0 Å². The Labute approximate surface area is 158 Å². The van der Waals surface area contributed by atoms with Crippen LogP contribution in [0, 0.1) is 12.8 Å². The summed E-state index contributed by atoms with van der Waals surface area (Å²) in [6, 6.07) is 1.63. The number of aryl methyl sites for hydroxylation is 2. The third-order valence-electron chi connectivity index (χ3n) is 5.73. The fourth-order valence-corrected chi connectivity index (χ4v) is 4.01. The molecule has 2 aliphatic rings. The number of piperidine rings is 1. The molecule has 1 saturated heterocycles. The summed E-state index contributed by atoms with van der Waals surface area (Å²) in [5.74, 6) is 1.67. The molecule has 7 nitrogen and oxygen atoms in total. The molecule has 2 N–H and O–H groups in total. The largest absolute Gasteiger partial charge is 0.469 e. The van der Waals surface area contributed by atoms with Crippen molar-refractivity contribution >= 4 is 11.9 Å². The first-order chi connectivity index (χ1) is 13.2. The predicted molar refractivity (Wildman–Crippen MR) is 101 cm³/mol. The number of aliphatic hydroxyl groups is 1. The summed E-state index contributed by atoms with van der Waals surface area (Å²) in [7, 11) is 0. The highest BCUT2D eigenvalue weighted by Crippen LogP contribution is 2.30. The number of anilines is 1. The maximum atomic E-state index is 12.5. The molecule has 2 aromatic heterocycles. The molecular weight excluding hydrogens is 344 g/mol. The molecule has 0 aromatic carbocycles. The maximum Gasteiger partial charge on any atom is 0.255 e. The zero-order chi connectivity index (χ0) is 18.8. The van der Waals surface area contributed by atoms with Crippen LogP contribution in [0.2, 0.25) is 0 Å². The molecule has 1 aliphatic heterocycles. The summed E-state index contributed by atoms with van der Waals surface area (Å²) in [5, 5.41) is 12.4. The molecule has 144 valence electrons. The molecule has 0 spiro atoms. The highest BCUT2D eigenvalue weighted by molar-refractivity contribution is 5.95. The van der Waals surface area contributed by atoms with Crippen LogP contribution in [0.5, 0.6) is 0 Å². The van der Waals surface area contributed by atoms with Crippen LogP contribution < -0.4 is 10.2 Å². The van der Waals surface area contributed by atoms with Gasteiger partial charge in [0.2, 0.25) is 5.95 Å². The molecule has 1 amide bonds. The first-order valence-corrected chi connectivity index (χ1v) is 9.72. The lowest BCUT2D eigenvalue weighted by Gasteiger charge is -2.32. The molecule has 1 fully saturated rings. The first kappa shape index (κ1) is 18.0. The van der Waals surface area contributed by atoms with Crippen molar-refractivity contribution < 1.29 is 14.3 Å². The Morgan fingerprint density at radius 2 is 2.19 bits per heavy atom. The Balaban J connectivity index is 1.49. The average Bonchev–Trinajstić information content (AvgIpc) is 3.14. The number of hydrogen-bond donors (Lipinski definition) is 2. The van der Waals surface area contributed by atoms with Crippen molar-refractivity contribution in [2.24, 2.45) is 5.92 Å². The van der Waals surface area contributed by atoms with Gasteiger partial charge in [-0.3, -0.25) is 4.79 Å². The number of amides is 1. The van der Waals surface area contributed by atoms with E-state index in [1.54, 1.807) is 13.0 Å².